The van der Waals surface area contributed by atoms with E-state index in [0.29, 0.717) is 23.0 Å². The number of nitrogens with zero attached hydrogens (tertiary/aromatic N) is 2. The molecule has 1 heterocycles. The van der Waals surface area contributed by atoms with Crippen molar-refractivity contribution in [3.05, 3.63) is 82.9 Å². The minimum atomic E-state index is -4.14. The third-order valence-electron chi connectivity index (χ3n) is 6.53. The van der Waals surface area contributed by atoms with E-state index in [1.54, 1.807) is 24.3 Å². The van der Waals surface area contributed by atoms with Crippen LogP contribution >= 0.6 is 11.6 Å². The summed E-state index contributed by atoms with van der Waals surface area (Å²) in [6.45, 7) is 2.87. The zero-order valence-electron chi connectivity index (χ0n) is 21.5. The Bertz CT molecular complexity index is 1360. The maximum absolute atomic E-state index is 13.8. The number of hydrogen-bond acceptors (Lipinski definition) is 6. The van der Waals surface area contributed by atoms with E-state index >= 15 is 0 Å². The lowest BCUT2D eigenvalue weighted by Gasteiger charge is -2.25. The van der Waals surface area contributed by atoms with Gasteiger partial charge in [0.2, 0.25) is 5.91 Å². The number of carbonyl (C=O) groups is 1. The largest absolute Gasteiger partial charge is 0.493 e. The summed E-state index contributed by atoms with van der Waals surface area (Å²) in [4.78, 5) is 15.5. The average Bonchev–Trinajstić information content (AvgIpc) is 3.44. The van der Waals surface area contributed by atoms with Gasteiger partial charge in [0.25, 0.3) is 10.0 Å². The number of anilines is 1. The molecule has 3 aromatic carbocycles. The molecule has 1 aliphatic heterocycles. The van der Waals surface area contributed by atoms with Crippen molar-refractivity contribution in [2.75, 3.05) is 38.2 Å². The van der Waals surface area contributed by atoms with Crippen molar-refractivity contribution in [1.29, 1.82) is 0 Å². The molecule has 10 heteroatoms. The maximum atomic E-state index is 13.8. The number of ether oxygens (including phenoxy) is 2. The highest BCUT2D eigenvalue weighted by atomic mass is 35.5. The molecule has 1 fully saturated rings. The van der Waals surface area contributed by atoms with E-state index in [0.717, 1.165) is 35.1 Å². The van der Waals surface area contributed by atoms with Crippen molar-refractivity contribution in [2.45, 2.75) is 30.8 Å². The molecular weight excluding hydrogens is 526 g/mol. The van der Waals surface area contributed by atoms with Crippen LogP contribution in [-0.4, -0.2) is 53.1 Å². The normalized spacial score (nSPS) is 13.8. The van der Waals surface area contributed by atoms with E-state index in [1.165, 1.54) is 45.3 Å². The summed E-state index contributed by atoms with van der Waals surface area (Å²) in [5.74, 6) is 0.235. The van der Waals surface area contributed by atoms with Gasteiger partial charge < -0.3 is 14.8 Å². The van der Waals surface area contributed by atoms with Crippen LogP contribution in [0.1, 0.15) is 24.0 Å². The minimum absolute atomic E-state index is 0.0335. The molecule has 0 saturated carbocycles. The fourth-order valence-corrected chi connectivity index (χ4v) is 6.04. The van der Waals surface area contributed by atoms with Crippen molar-refractivity contribution in [1.82, 2.24) is 10.2 Å². The van der Waals surface area contributed by atoms with E-state index in [9.17, 15) is 13.2 Å². The van der Waals surface area contributed by atoms with Gasteiger partial charge in [-0.2, -0.15) is 0 Å². The molecule has 0 aliphatic carbocycles. The van der Waals surface area contributed by atoms with Crippen LogP contribution in [0, 0.1) is 0 Å². The van der Waals surface area contributed by atoms with Gasteiger partial charge in [-0.25, -0.2) is 8.42 Å². The molecule has 1 amide bonds. The number of sulfonamides is 1. The molecule has 1 aliphatic rings. The summed E-state index contributed by atoms with van der Waals surface area (Å²) >= 11 is 6.04. The van der Waals surface area contributed by atoms with Gasteiger partial charge in [-0.1, -0.05) is 35.9 Å². The van der Waals surface area contributed by atoms with Crippen LogP contribution < -0.4 is 19.1 Å². The minimum Gasteiger partial charge on any atom is -0.493 e. The Labute approximate surface area is 229 Å². The molecule has 0 aromatic heterocycles. The Morgan fingerprint density at radius 3 is 2.26 bits per heavy atom. The van der Waals surface area contributed by atoms with Crippen molar-refractivity contribution in [3.63, 3.8) is 0 Å². The molecule has 0 bridgehead atoms. The average molecular weight is 558 g/mol. The molecule has 0 atom stereocenters. The quantitative estimate of drug-likeness (QED) is 0.374. The van der Waals surface area contributed by atoms with Crippen LogP contribution in [0.5, 0.6) is 11.5 Å². The first-order valence-electron chi connectivity index (χ1n) is 12.4. The molecule has 1 saturated heterocycles. The Balaban J connectivity index is 1.55. The van der Waals surface area contributed by atoms with Gasteiger partial charge in [0.05, 0.1) is 24.8 Å². The topological polar surface area (TPSA) is 88.2 Å². The van der Waals surface area contributed by atoms with Gasteiger partial charge in [0.15, 0.2) is 11.5 Å². The van der Waals surface area contributed by atoms with Crippen molar-refractivity contribution >= 4 is 33.2 Å². The second-order valence-corrected chi connectivity index (χ2v) is 11.3. The predicted octanol–water partition coefficient (Wildman–Crippen LogP) is 4.46. The molecular formula is C28H32ClN3O5S. The van der Waals surface area contributed by atoms with E-state index < -0.39 is 22.5 Å². The highest BCUT2D eigenvalue weighted by Gasteiger charge is 2.28. The van der Waals surface area contributed by atoms with E-state index in [4.69, 9.17) is 21.1 Å². The third kappa shape index (κ3) is 6.59. The van der Waals surface area contributed by atoms with Gasteiger partial charge in [-0.05, 0) is 73.5 Å². The molecule has 38 heavy (non-hydrogen) atoms. The predicted molar refractivity (Wildman–Crippen MR) is 148 cm³/mol. The van der Waals surface area contributed by atoms with Gasteiger partial charge in [-0.15, -0.1) is 0 Å². The lowest BCUT2D eigenvalue weighted by Crippen LogP contribution is -2.40. The lowest BCUT2D eigenvalue weighted by molar-refractivity contribution is -0.119. The monoisotopic (exact) mass is 557 g/mol. The summed E-state index contributed by atoms with van der Waals surface area (Å²) in [6.07, 6.45) is 2.40. The Morgan fingerprint density at radius 2 is 1.61 bits per heavy atom. The lowest BCUT2D eigenvalue weighted by atomic mass is 10.1. The number of hydrogen-bond donors (Lipinski definition) is 1. The van der Waals surface area contributed by atoms with E-state index in [1.807, 2.05) is 18.2 Å². The van der Waals surface area contributed by atoms with Gasteiger partial charge in [0.1, 0.15) is 6.54 Å². The first kappa shape index (κ1) is 27.8. The maximum Gasteiger partial charge on any atom is 0.264 e. The highest BCUT2D eigenvalue weighted by Crippen LogP contribution is 2.32. The number of methoxy groups -OCH3 is 2. The van der Waals surface area contributed by atoms with E-state index in [-0.39, 0.29) is 10.6 Å². The zero-order chi connectivity index (χ0) is 27.1. The number of halogens is 1. The van der Waals surface area contributed by atoms with Crippen LogP contribution in [-0.2, 0) is 27.9 Å². The molecule has 1 N–H and O–H groups in total. The first-order chi connectivity index (χ1) is 18.3. The van der Waals surface area contributed by atoms with Crippen LogP contribution in [0.15, 0.2) is 71.6 Å². The summed E-state index contributed by atoms with van der Waals surface area (Å²) in [5.41, 5.74) is 2.48. The van der Waals surface area contributed by atoms with Crippen LogP contribution in [0.2, 0.25) is 5.02 Å². The molecule has 0 unspecified atom stereocenters. The van der Waals surface area contributed by atoms with Crippen molar-refractivity contribution in [3.8, 4) is 11.5 Å². The SMILES string of the molecule is COc1ccc(S(=O)(=O)N(CC(=O)NCc2ccccc2CN2CCCC2)c2ccc(Cl)cc2)cc1OC. The molecule has 202 valence electrons. The number of carbonyl (C=O) groups excluding carboxylic acids is 1. The number of nitrogens with one attached hydrogen (secondary N) is 1. The summed E-state index contributed by atoms with van der Waals surface area (Å²) in [7, 11) is -1.24. The number of amides is 1. The number of benzene rings is 3. The standard InChI is InChI=1S/C28H32ClN3O5S/c1-36-26-14-13-25(17-27(26)37-2)38(34,35)32(24-11-9-23(29)10-12-24)20-28(33)30-18-21-7-3-4-8-22(21)19-31-15-5-6-16-31/h3-4,7-14,17H,5-6,15-16,18-20H2,1-2H3,(H,30,33). The van der Waals surface area contributed by atoms with Gasteiger partial charge in [-0.3, -0.25) is 14.0 Å². The summed E-state index contributed by atoms with van der Waals surface area (Å²) in [6, 6.07) is 18.6. The second kappa shape index (κ2) is 12.5. The number of likely N-dealkylation sites (tertiary alicyclic amines) is 1. The van der Waals surface area contributed by atoms with E-state index in [2.05, 4.69) is 16.3 Å². The van der Waals surface area contributed by atoms with Gasteiger partial charge >= 0.3 is 0 Å². The first-order valence-corrected chi connectivity index (χ1v) is 14.2. The Morgan fingerprint density at radius 1 is 0.947 bits per heavy atom. The van der Waals surface area contributed by atoms with Crippen LogP contribution in [0.4, 0.5) is 5.69 Å². The summed E-state index contributed by atoms with van der Waals surface area (Å²) in [5, 5.41) is 3.36. The zero-order valence-corrected chi connectivity index (χ0v) is 23.1. The van der Waals surface area contributed by atoms with Gasteiger partial charge in [0, 0.05) is 24.2 Å². The fourth-order valence-electron chi connectivity index (χ4n) is 4.47. The highest BCUT2D eigenvalue weighted by molar-refractivity contribution is 7.92. The summed E-state index contributed by atoms with van der Waals surface area (Å²) < 4.78 is 39.1. The molecule has 0 spiro atoms. The van der Waals surface area contributed by atoms with Crippen LogP contribution in [0.25, 0.3) is 0 Å². The molecule has 8 nitrogen and oxygen atoms in total. The third-order valence-corrected chi connectivity index (χ3v) is 8.55. The van der Waals surface area contributed by atoms with Crippen LogP contribution in [0.3, 0.4) is 0 Å². The van der Waals surface area contributed by atoms with Crippen molar-refractivity contribution in [2.24, 2.45) is 0 Å². The van der Waals surface area contributed by atoms with Crippen molar-refractivity contribution < 1.29 is 22.7 Å². The smallest absolute Gasteiger partial charge is 0.264 e. The Kier molecular flexibility index (Phi) is 9.14. The molecule has 3 aromatic rings. The number of rotatable bonds is 11. The molecule has 0 radical (unpaired) electrons. The Hall–Kier alpha value is -3.27. The second-order valence-electron chi connectivity index (χ2n) is 9.03. The fraction of sp³-hybridized carbons (Fsp3) is 0.321. The molecule has 4 rings (SSSR count).